The Morgan fingerprint density at radius 3 is 1.50 bits per heavy atom. The van der Waals surface area contributed by atoms with Crippen molar-refractivity contribution < 1.29 is 0 Å². The molecule has 0 saturated carbocycles. The Bertz CT molecular complexity index is 23.1. The van der Waals surface area contributed by atoms with Gasteiger partial charge in [-0.05, 0) is 0 Å². The van der Waals surface area contributed by atoms with Gasteiger partial charge in [0.1, 0.15) is 0 Å². The van der Waals surface area contributed by atoms with Crippen LogP contribution >= 0.6 is 0 Å². The molecule has 0 rings (SSSR count). The maximum absolute atomic E-state index is 2.42. The summed E-state index contributed by atoms with van der Waals surface area (Å²) >= 11 is 0. The van der Waals surface area contributed by atoms with E-state index in [0.717, 1.165) is 0 Å². The SMILES string of the molecule is CC[SiH](C)CC. The van der Waals surface area contributed by atoms with Crippen molar-refractivity contribution >= 4 is 8.80 Å². The quantitative estimate of drug-likeness (QED) is 0.467. The van der Waals surface area contributed by atoms with Crippen molar-refractivity contribution in [2.45, 2.75) is 32.5 Å². The van der Waals surface area contributed by atoms with Gasteiger partial charge in [0.25, 0.3) is 0 Å². The molecule has 0 fully saturated rings. The average Bonchev–Trinajstić information content (AvgIpc) is 1.65. The highest BCUT2D eigenvalue weighted by atomic mass is 28.3. The van der Waals surface area contributed by atoms with Crippen LogP contribution in [0.1, 0.15) is 13.8 Å². The Labute approximate surface area is 42.2 Å². The second-order valence-electron chi connectivity index (χ2n) is 1.92. The maximum atomic E-state index is 2.42. The van der Waals surface area contributed by atoms with Crippen LogP contribution in [-0.2, 0) is 0 Å². The molecule has 0 aliphatic carbocycles. The first-order valence-corrected chi connectivity index (χ1v) is 5.60. The van der Waals surface area contributed by atoms with Crippen LogP contribution in [0.5, 0.6) is 0 Å². The molecular formula is C5H14Si. The molecule has 0 aliphatic heterocycles. The van der Waals surface area contributed by atoms with Crippen molar-refractivity contribution in [3.63, 3.8) is 0 Å². The van der Waals surface area contributed by atoms with Gasteiger partial charge in [0.2, 0.25) is 0 Å². The molecule has 0 radical (unpaired) electrons. The monoisotopic (exact) mass is 102 g/mol. The van der Waals surface area contributed by atoms with E-state index in [2.05, 4.69) is 20.4 Å². The lowest BCUT2D eigenvalue weighted by molar-refractivity contribution is 1.31. The molecule has 0 heterocycles. The summed E-state index contributed by atoms with van der Waals surface area (Å²) in [6.07, 6.45) is 0. The van der Waals surface area contributed by atoms with Crippen LogP contribution in [0.2, 0.25) is 18.6 Å². The predicted molar refractivity (Wildman–Crippen MR) is 34.0 cm³/mol. The summed E-state index contributed by atoms with van der Waals surface area (Å²) < 4.78 is 0. The van der Waals surface area contributed by atoms with Gasteiger partial charge in [0.05, 0.1) is 0 Å². The third kappa shape index (κ3) is 2.45. The van der Waals surface area contributed by atoms with Crippen LogP contribution in [0, 0.1) is 0 Å². The average molecular weight is 102 g/mol. The van der Waals surface area contributed by atoms with E-state index in [1.807, 2.05) is 0 Å². The van der Waals surface area contributed by atoms with Crippen LogP contribution < -0.4 is 0 Å². The minimum atomic E-state index is -0.160. The second kappa shape index (κ2) is 3.41. The first kappa shape index (κ1) is 6.22. The van der Waals surface area contributed by atoms with E-state index in [9.17, 15) is 0 Å². The van der Waals surface area contributed by atoms with Crippen molar-refractivity contribution in [1.82, 2.24) is 0 Å². The molecule has 0 aromatic rings. The van der Waals surface area contributed by atoms with Crippen molar-refractivity contribution in [2.75, 3.05) is 0 Å². The molecule has 38 valence electrons. The maximum Gasteiger partial charge on any atom is 0.0331 e. The lowest BCUT2D eigenvalue weighted by Gasteiger charge is -1.96. The molecule has 6 heavy (non-hydrogen) atoms. The van der Waals surface area contributed by atoms with Gasteiger partial charge in [-0.2, -0.15) is 0 Å². The number of hydrogen-bond donors (Lipinski definition) is 0. The zero-order valence-electron chi connectivity index (χ0n) is 4.99. The molecule has 0 aromatic heterocycles. The van der Waals surface area contributed by atoms with E-state index in [-0.39, 0.29) is 8.80 Å². The summed E-state index contributed by atoms with van der Waals surface area (Å²) in [7, 11) is -0.160. The molecule has 1 heteroatoms. The zero-order valence-corrected chi connectivity index (χ0v) is 6.15. The topological polar surface area (TPSA) is 0 Å². The Kier molecular flexibility index (Phi) is 3.53. The molecule has 0 unspecified atom stereocenters. The molecule has 0 aliphatic rings. The van der Waals surface area contributed by atoms with E-state index in [4.69, 9.17) is 0 Å². The molecular weight excluding hydrogens is 88.1 g/mol. The summed E-state index contributed by atoms with van der Waals surface area (Å²) in [4.78, 5) is 0. The van der Waals surface area contributed by atoms with Gasteiger partial charge in [0.15, 0.2) is 0 Å². The summed E-state index contributed by atoms with van der Waals surface area (Å²) in [5.41, 5.74) is 0. The van der Waals surface area contributed by atoms with Crippen LogP contribution in [0.15, 0.2) is 0 Å². The molecule has 0 nitrogen and oxygen atoms in total. The number of hydrogen-bond acceptors (Lipinski definition) is 0. The normalized spacial score (nSPS) is 10.0. The van der Waals surface area contributed by atoms with Crippen molar-refractivity contribution in [1.29, 1.82) is 0 Å². The highest BCUT2D eigenvalue weighted by Gasteiger charge is 1.91. The second-order valence-corrected chi connectivity index (χ2v) is 5.77. The predicted octanol–water partition coefficient (Wildman–Crippen LogP) is 1.88. The van der Waals surface area contributed by atoms with Crippen molar-refractivity contribution in [3.05, 3.63) is 0 Å². The Morgan fingerprint density at radius 1 is 1.17 bits per heavy atom. The van der Waals surface area contributed by atoms with Gasteiger partial charge in [0, 0.05) is 8.80 Å². The Balaban J connectivity index is 2.75. The summed E-state index contributed by atoms with van der Waals surface area (Å²) in [6, 6.07) is 2.94. The Morgan fingerprint density at radius 2 is 1.50 bits per heavy atom. The fraction of sp³-hybridized carbons (Fsp3) is 1.00. The van der Waals surface area contributed by atoms with Gasteiger partial charge in [-0.3, -0.25) is 0 Å². The van der Waals surface area contributed by atoms with Gasteiger partial charge in [-0.1, -0.05) is 32.5 Å². The first-order valence-electron chi connectivity index (χ1n) is 2.81. The standard InChI is InChI=1S/C5H14Si/c1-4-6(3)5-2/h6H,4-5H2,1-3H3. The van der Waals surface area contributed by atoms with Gasteiger partial charge in [-0.15, -0.1) is 0 Å². The Hall–Kier alpha value is 0.217. The molecule has 0 amide bonds. The summed E-state index contributed by atoms with van der Waals surface area (Å²) in [5.74, 6) is 0. The van der Waals surface area contributed by atoms with Gasteiger partial charge < -0.3 is 0 Å². The van der Waals surface area contributed by atoms with E-state index < -0.39 is 0 Å². The van der Waals surface area contributed by atoms with Crippen LogP contribution in [-0.4, -0.2) is 8.80 Å². The molecule has 0 saturated heterocycles. The highest BCUT2D eigenvalue weighted by molar-refractivity contribution is 6.56. The molecule has 0 spiro atoms. The largest absolute Gasteiger partial charge is 0.0720 e. The minimum Gasteiger partial charge on any atom is -0.0720 e. The van der Waals surface area contributed by atoms with Crippen molar-refractivity contribution in [2.24, 2.45) is 0 Å². The van der Waals surface area contributed by atoms with E-state index >= 15 is 0 Å². The smallest absolute Gasteiger partial charge is 0.0331 e. The fourth-order valence-electron chi connectivity index (χ4n) is 0.289. The molecule has 0 N–H and O–H groups in total. The molecule has 0 bridgehead atoms. The van der Waals surface area contributed by atoms with E-state index in [1.54, 1.807) is 0 Å². The third-order valence-corrected chi connectivity index (χ3v) is 4.18. The van der Waals surface area contributed by atoms with Crippen molar-refractivity contribution in [3.8, 4) is 0 Å². The lowest BCUT2D eigenvalue weighted by Crippen LogP contribution is -1.99. The van der Waals surface area contributed by atoms with Crippen LogP contribution in [0.25, 0.3) is 0 Å². The summed E-state index contributed by atoms with van der Waals surface area (Å²) in [5, 5.41) is 0. The minimum absolute atomic E-state index is 0.160. The third-order valence-electron chi connectivity index (χ3n) is 1.39. The van der Waals surface area contributed by atoms with Gasteiger partial charge >= 0.3 is 0 Å². The fourth-order valence-corrected chi connectivity index (χ4v) is 0.866. The first-order chi connectivity index (χ1) is 2.81. The molecule has 0 aromatic carbocycles. The van der Waals surface area contributed by atoms with Crippen LogP contribution in [0.4, 0.5) is 0 Å². The van der Waals surface area contributed by atoms with Gasteiger partial charge in [-0.25, -0.2) is 0 Å². The molecule has 0 atom stereocenters. The van der Waals surface area contributed by atoms with Crippen LogP contribution in [0.3, 0.4) is 0 Å². The highest BCUT2D eigenvalue weighted by Crippen LogP contribution is 1.93. The lowest BCUT2D eigenvalue weighted by atomic mass is 10.9. The summed E-state index contributed by atoms with van der Waals surface area (Å²) in [6.45, 7) is 7.00. The number of rotatable bonds is 2. The van der Waals surface area contributed by atoms with E-state index in [0.29, 0.717) is 0 Å². The zero-order chi connectivity index (χ0) is 4.99. The van der Waals surface area contributed by atoms with E-state index in [1.165, 1.54) is 12.1 Å².